The second kappa shape index (κ2) is 6.28. The van der Waals surface area contributed by atoms with Crippen LogP contribution >= 0.6 is 0 Å². The molecular weight excluding hydrogens is 317 g/mol. The lowest BCUT2D eigenvalue weighted by Gasteiger charge is -2.10. The van der Waals surface area contributed by atoms with E-state index in [0.717, 1.165) is 16.3 Å². The third-order valence-electron chi connectivity index (χ3n) is 4.10. The lowest BCUT2D eigenvalue weighted by Crippen LogP contribution is -2.23. The second-order valence-corrected chi connectivity index (χ2v) is 5.70. The molecule has 0 fully saturated rings. The Balaban J connectivity index is 1.65. The fourth-order valence-electron chi connectivity index (χ4n) is 2.93. The van der Waals surface area contributed by atoms with Crippen molar-refractivity contribution in [1.29, 1.82) is 0 Å². The normalized spacial score (nSPS) is 10.9. The summed E-state index contributed by atoms with van der Waals surface area (Å²) >= 11 is 0. The summed E-state index contributed by atoms with van der Waals surface area (Å²) in [7, 11) is 0. The van der Waals surface area contributed by atoms with Crippen LogP contribution in [0, 0.1) is 5.82 Å². The van der Waals surface area contributed by atoms with Crippen LogP contribution in [-0.2, 0) is 6.54 Å². The number of amides is 1. The summed E-state index contributed by atoms with van der Waals surface area (Å²) in [6, 6.07) is 16.4. The molecule has 25 heavy (non-hydrogen) atoms. The summed E-state index contributed by atoms with van der Waals surface area (Å²) in [5, 5.41) is 5.04. The molecule has 4 aromatic rings. The van der Waals surface area contributed by atoms with Crippen LogP contribution in [0.4, 0.5) is 4.39 Å². The molecule has 0 saturated carbocycles. The Morgan fingerprint density at radius 1 is 1.00 bits per heavy atom. The van der Waals surface area contributed by atoms with E-state index >= 15 is 0 Å². The van der Waals surface area contributed by atoms with Crippen LogP contribution in [0.25, 0.3) is 21.8 Å². The highest BCUT2D eigenvalue weighted by Crippen LogP contribution is 2.19. The summed E-state index contributed by atoms with van der Waals surface area (Å²) < 4.78 is 13.8. The van der Waals surface area contributed by atoms with Gasteiger partial charge in [-0.25, -0.2) is 4.39 Å². The van der Waals surface area contributed by atoms with E-state index in [-0.39, 0.29) is 11.5 Å². The number of carbonyl (C=O) groups is 1. The molecule has 0 radical (unpaired) electrons. The molecule has 1 aromatic heterocycles. The van der Waals surface area contributed by atoms with Gasteiger partial charge in [0.15, 0.2) is 0 Å². The third-order valence-corrected chi connectivity index (χ3v) is 4.10. The van der Waals surface area contributed by atoms with Gasteiger partial charge in [-0.1, -0.05) is 42.5 Å². The van der Waals surface area contributed by atoms with Crippen molar-refractivity contribution in [2.24, 2.45) is 0 Å². The number of rotatable bonds is 3. The number of aromatic nitrogens is 2. The lowest BCUT2D eigenvalue weighted by atomic mass is 10.0. The minimum absolute atomic E-state index is 0.184. The number of nitrogens with zero attached hydrogens (tertiary/aromatic N) is 2. The van der Waals surface area contributed by atoms with Gasteiger partial charge in [-0.15, -0.1) is 0 Å². The number of benzene rings is 3. The fourth-order valence-corrected chi connectivity index (χ4v) is 2.93. The van der Waals surface area contributed by atoms with E-state index in [1.54, 1.807) is 0 Å². The average Bonchev–Trinajstić information content (AvgIpc) is 2.65. The van der Waals surface area contributed by atoms with E-state index in [1.165, 1.54) is 24.5 Å². The van der Waals surface area contributed by atoms with Gasteiger partial charge in [0.1, 0.15) is 11.3 Å². The molecule has 0 aliphatic rings. The number of carbonyl (C=O) groups excluding carboxylic acids is 1. The van der Waals surface area contributed by atoms with Crippen molar-refractivity contribution in [2.45, 2.75) is 6.54 Å². The van der Waals surface area contributed by atoms with E-state index in [2.05, 4.69) is 15.3 Å². The number of halogens is 1. The quantitative estimate of drug-likeness (QED) is 0.620. The van der Waals surface area contributed by atoms with Crippen molar-refractivity contribution < 1.29 is 9.18 Å². The van der Waals surface area contributed by atoms with Crippen molar-refractivity contribution in [3.05, 3.63) is 83.9 Å². The second-order valence-electron chi connectivity index (χ2n) is 5.70. The summed E-state index contributed by atoms with van der Waals surface area (Å²) in [4.78, 5) is 20.8. The molecule has 1 amide bonds. The predicted octanol–water partition coefficient (Wildman–Crippen LogP) is 3.85. The zero-order chi connectivity index (χ0) is 17.2. The largest absolute Gasteiger partial charge is 0.348 e. The monoisotopic (exact) mass is 331 g/mol. The SMILES string of the molecule is O=C(NCc1cccc2ccccc12)c1cc(F)cc2nccnc12. The molecule has 0 atom stereocenters. The molecule has 4 rings (SSSR count). The molecule has 0 unspecified atom stereocenters. The molecule has 0 bridgehead atoms. The molecule has 0 saturated heterocycles. The van der Waals surface area contributed by atoms with Crippen LogP contribution in [0.2, 0.25) is 0 Å². The molecule has 3 aromatic carbocycles. The van der Waals surface area contributed by atoms with Crippen molar-refractivity contribution in [1.82, 2.24) is 15.3 Å². The summed E-state index contributed by atoms with van der Waals surface area (Å²) in [6.45, 7) is 0.346. The van der Waals surface area contributed by atoms with Crippen molar-refractivity contribution >= 4 is 27.7 Å². The molecule has 4 nitrogen and oxygen atoms in total. The highest BCUT2D eigenvalue weighted by molar-refractivity contribution is 6.04. The fraction of sp³-hybridized carbons (Fsp3) is 0.0500. The molecular formula is C20H14FN3O. The minimum atomic E-state index is -0.511. The van der Waals surface area contributed by atoms with Crippen LogP contribution in [0.15, 0.2) is 67.0 Å². The Labute approximate surface area is 143 Å². The maximum atomic E-state index is 13.8. The number of hydrogen-bond acceptors (Lipinski definition) is 3. The number of hydrogen-bond donors (Lipinski definition) is 1. The van der Waals surface area contributed by atoms with Gasteiger partial charge in [0.05, 0.1) is 11.1 Å². The van der Waals surface area contributed by atoms with Gasteiger partial charge in [-0.3, -0.25) is 14.8 Å². The van der Waals surface area contributed by atoms with Crippen LogP contribution in [0.3, 0.4) is 0 Å². The number of fused-ring (bicyclic) bond motifs is 2. The molecule has 122 valence electrons. The summed E-state index contributed by atoms with van der Waals surface area (Å²) in [5.41, 5.74) is 1.93. The van der Waals surface area contributed by atoms with Crippen LogP contribution < -0.4 is 5.32 Å². The standard InChI is InChI=1S/C20H14FN3O/c21-15-10-17(19-18(11-15)22-8-9-23-19)20(25)24-12-14-6-3-5-13-4-1-2-7-16(13)14/h1-11H,12H2,(H,24,25). The smallest absolute Gasteiger partial charge is 0.253 e. The van der Waals surface area contributed by atoms with E-state index in [4.69, 9.17) is 0 Å². The van der Waals surface area contributed by atoms with Gasteiger partial charge in [-0.05, 0) is 22.4 Å². The van der Waals surface area contributed by atoms with E-state index in [9.17, 15) is 9.18 Å². The highest BCUT2D eigenvalue weighted by atomic mass is 19.1. The Hall–Kier alpha value is -3.34. The minimum Gasteiger partial charge on any atom is -0.348 e. The van der Waals surface area contributed by atoms with E-state index in [0.29, 0.717) is 17.6 Å². The molecule has 0 aliphatic carbocycles. The topological polar surface area (TPSA) is 54.9 Å². The van der Waals surface area contributed by atoms with Gasteiger partial charge >= 0.3 is 0 Å². The van der Waals surface area contributed by atoms with Gasteiger partial charge < -0.3 is 5.32 Å². The van der Waals surface area contributed by atoms with Gasteiger partial charge in [0.25, 0.3) is 5.91 Å². The molecule has 1 N–H and O–H groups in total. The summed E-state index contributed by atoms with van der Waals surface area (Å²) in [6.07, 6.45) is 2.96. The van der Waals surface area contributed by atoms with Crippen LogP contribution in [-0.4, -0.2) is 15.9 Å². The first kappa shape index (κ1) is 15.2. The molecule has 5 heteroatoms. The first-order valence-electron chi connectivity index (χ1n) is 7.87. The Morgan fingerprint density at radius 2 is 1.80 bits per heavy atom. The van der Waals surface area contributed by atoms with Crippen LogP contribution in [0.1, 0.15) is 15.9 Å². The molecule has 0 spiro atoms. The van der Waals surface area contributed by atoms with Crippen molar-refractivity contribution in [3.63, 3.8) is 0 Å². The molecule has 1 heterocycles. The summed E-state index contributed by atoms with van der Waals surface area (Å²) in [5.74, 6) is -0.888. The van der Waals surface area contributed by atoms with E-state index < -0.39 is 5.82 Å². The van der Waals surface area contributed by atoms with Gasteiger partial charge in [0, 0.05) is 25.0 Å². The first-order valence-corrected chi connectivity index (χ1v) is 7.87. The first-order chi connectivity index (χ1) is 12.2. The van der Waals surface area contributed by atoms with Gasteiger partial charge in [0.2, 0.25) is 0 Å². The van der Waals surface area contributed by atoms with E-state index in [1.807, 2.05) is 42.5 Å². The number of nitrogens with one attached hydrogen (secondary N) is 1. The zero-order valence-corrected chi connectivity index (χ0v) is 13.2. The Bertz CT molecular complexity index is 1090. The molecule has 0 aliphatic heterocycles. The maximum Gasteiger partial charge on any atom is 0.253 e. The average molecular weight is 331 g/mol. The van der Waals surface area contributed by atoms with Gasteiger partial charge in [-0.2, -0.15) is 0 Å². The highest BCUT2D eigenvalue weighted by Gasteiger charge is 2.14. The Morgan fingerprint density at radius 3 is 2.72 bits per heavy atom. The zero-order valence-electron chi connectivity index (χ0n) is 13.2. The predicted molar refractivity (Wildman–Crippen MR) is 94.6 cm³/mol. The Kier molecular flexibility index (Phi) is 3.82. The van der Waals surface area contributed by atoms with Crippen molar-refractivity contribution in [3.8, 4) is 0 Å². The third kappa shape index (κ3) is 2.92. The van der Waals surface area contributed by atoms with Crippen LogP contribution in [0.5, 0.6) is 0 Å². The maximum absolute atomic E-state index is 13.8. The lowest BCUT2D eigenvalue weighted by molar-refractivity contribution is 0.0952. The van der Waals surface area contributed by atoms with Crippen molar-refractivity contribution in [2.75, 3.05) is 0 Å².